The van der Waals surface area contributed by atoms with Crippen LogP contribution in [0.15, 0.2) is 35.2 Å². The predicted molar refractivity (Wildman–Crippen MR) is 98.2 cm³/mol. The van der Waals surface area contributed by atoms with Crippen LogP contribution >= 0.6 is 0 Å². The molecule has 2 rings (SSSR count). The van der Waals surface area contributed by atoms with E-state index in [1.54, 1.807) is 18.2 Å². The Morgan fingerprint density at radius 1 is 1.15 bits per heavy atom. The lowest BCUT2D eigenvalue weighted by Crippen LogP contribution is -2.45. The number of carbonyl (C=O) groups is 2. The maximum absolute atomic E-state index is 12.1. The lowest BCUT2D eigenvalue weighted by atomic mass is 9.78. The molecule has 144 valence electrons. The maximum Gasteiger partial charge on any atom is 0.307 e. The van der Waals surface area contributed by atoms with Crippen molar-refractivity contribution >= 4 is 21.7 Å². The third kappa shape index (κ3) is 5.83. The van der Waals surface area contributed by atoms with Gasteiger partial charge >= 0.3 is 5.97 Å². The predicted octanol–water partition coefficient (Wildman–Crippen LogP) is 2.33. The van der Waals surface area contributed by atoms with E-state index in [4.69, 9.17) is 4.74 Å². The summed E-state index contributed by atoms with van der Waals surface area (Å²) < 4.78 is 29.2. The van der Waals surface area contributed by atoms with Crippen LogP contribution in [0.1, 0.15) is 39.5 Å². The van der Waals surface area contributed by atoms with Gasteiger partial charge in [-0.05, 0) is 30.4 Å². The minimum absolute atomic E-state index is 0.100. The molecule has 0 spiro atoms. The maximum atomic E-state index is 12.1. The number of nitrogens with one attached hydrogen (secondary N) is 1. The molecule has 7 heteroatoms. The van der Waals surface area contributed by atoms with Crippen molar-refractivity contribution in [1.29, 1.82) is 0 Å². The topological polar surface area (TPSA) is 89.5 Å². The van der Waals surface area contributed by atoms with Crippen molar-refractivity contribution in [2.45, 2.75) is 50.5 Å². The molecule has 0 aliphatic heterocycles. The number of amides is 1. The Kier molecular flexibility index (Phi) is 7.20. The second kappa shape index (κ2) is 9.16. The molecule has 1 amide bonds. The molecule has 1 saturated carbocycles. The van der Waals surface area contributed by atoms with E-state index in [-0.39, 0.29) is 35.6 Å². The summed E-state index contributed by atoms with van der Waals surface area (Å²) in [6.07, 6.45) is 2.90. The van der Waals surface area contributed by atoms with Gasteiger partial charge in [0.15, 0.2) is 16.4 Å². The van der Waals surface area contributed by atoms with E-state index in [2.05, 4.69) is 19.2 Å². The zero-order valence-electron chi connectivity index (χ0n) is 15.3. The third-order valence-electron chi connectivity index (χ3n) is 5.09. The molecule has 0 radical (unpaired) electrons. The molecule has 6 nitrogen and oxygen atoms in total. The van der Waals surface area contributed by atoms with Gasteiger partial charge in [-0.15, -0.1) is 0 Å². The Morgan fingerprint density at radius 2 is 1.85 bits per heavy atom. The molecule has 1 aromatic carbocycles. The van der Waals surface area contributed by atoms with Crippen LogP contribution in [0.4, 0.5) is 0 Å². The van der Waals surface area contributed by atoms with Gasteiger partial charge < -0.3 is 10.1 Å². The van der Waals surface area contributed by atoms with Gasteiger partial charge in [-0.3, -0.25) is 9.59 Å². The molecule has 0 unspecified atom stereocenters. The van der Waals surface area contributed by atoms with Gasteiger partial charge in [-0.25, -0.2) is 8.42 Å². The van der Waals surface area contributed by atoms with Crippen LogP contribution in [0.25, 0.3) is 0 Å². The number of hydrogen-bond acceptors (Lipinski definition) is 5. The normalized spacial score (nSPS) is 23.2. The number of esters is 1. The first-order chi connectivity index (χ1) is 12.3. The molecular formula is C19H27NO5S. The minimum atomic E-state index is -3.53. The zero-order chi connectivity index (χ0) is 19.2. The van der Waals surface area contributed by atoms with Gasteiger partial charge in [0, 0.05) is 6.04 Å². The molecule has 1 N–H and O–H groups in total. The molecule has 1 aromatic rings. The first-order valence-electron chi connectivity index (χ1n) is 9.02. The quantitative estimate of drug-likeness (QED) is 0.732. The van der Waals surface area contributed by atoms with Gasteiger partial charge in [0.05, 0.1) is 17.1 Å². The summed E-state index contributed by atoms with van der Waals surface area (Å²) >= 11 is 0. The lowest BCUT2D eigenvalue weighted by molar-refractivity contribution is -0.148. The van der Waals surface area contributed by atoms with E-state index in [1.807, 2.05) is 0 Å². The summed E-state index contributed by atoms with van der Waals surface area (Å²) in [6.45, 7) is 3.92. The third-order valence-corrected chi connectivity index (χ3v) is 6.83. The molecule has 0 bridgehead atoms. The smallest absolute Gasteiger partial charge is 0.307 e. The number of benzene rings is 1. The second-order valence-electron chi connectivity index (χ2n) is 6.98. The average molecular weight is 381 g/mol. The Labute approximate surface area is 155 Å². The Bertz CT molecular complexity index is 717. The lowest BCUT2D eigenvalue weighted by Gasteiger charge is -2.34. The average Bonchev–Trinajstić information content (AvgIpc) is 2.63. The summed E-state index contributed by atoms with van der Waals surface area (Å²) in [5, 5.41) is 2.92. The van der Waals surface area contributed by atoms with Crippen molar-refractivity contribution < 1.29 is 22.7 Å². The SMILES string of the molecule is C[C@@H]1[C@H](C)CCC[C@H]1NC(=O)COC(=O)CCS(=O)(=O)c1ccccc1. The highest BCUT2D eigenvalue weighted by Crippen LogP contribution is 2.29. The monoisotopic (exact) mass is 381 g/mol. The van der Waals surface area contributed by atoms with Gasteiger partial charge in [-0.2, -0.15) is 0 Å². The fourth-order valence-corrected chi connectivity index (χ4v) is 4.46. The van der Waals surface area contributed by atoms with Crippen LogP contribution in [0.3, 0.4) is 0 Å². The fraction of sp³-hybridized carbons (Fsp3) is 0.579. The van der Waals surface area contributed by atoms with Crippen LogP contribution < -0.4 is 5.32 Å². The Hall–Kier alpha value is -1.89. The van der Waals surface area contributed by atoms with Gasteiger partial charge in [0.25, 0.3) is 5.91 Å². The molecule has 0 aromatic heterocycles. The highest BCUT2D eigenvalue weighted by molar-refractivity contribution is 7.91. The van der Waals surface area contributed by atoms with Crippen molar-refractivity contribution in [3.05, 3.63) is 30.3 Å². The Morgan fingerprint density at radius 3 is 2.54 bits per heavy atom. The molecule has 26 heavy (non-hydrogen) atoms. The largest absolute Gasteiger partial charge is 0.456 e. The second-order valence-corrected chi connectivity index (χ2v) is 9.09. The van der Waals surface area contributed by atoms with Crippen molar-refractivity contribution in [1.82, 2.24) is 5.32 Å². The number of sulfone groups is 1. The summed E-state index contributed by atoms with van der Waals surface area (Å²) in [6, 6.07) is 8.05. The van der Waals surface area contributed by atoms with Crippen molar-refractivity contribution in [2.75, 3.05) is 12.4 Å². The zero-order valence-corrected chi connectivity index (χ0v) is 16.1. The molecular weight excluding hydrogens is 354 g/mol. The van der Waals surface area contributed by atoms with Gasteiger partial charge in [-0.1, -0.05) is 44.9 Å². The van der Waals surface area contributed by atoms with Crippen LogP contribution in [-0.4, -0.2) is 38.7 Å². The molecule has 1 aliphatic rings. The summed E-state index contributed by atoms with van der Waals surface area (Å²) in [5.74, 6) is -0.423. The van der Waals surface area contributed by atoms with E-state index in [0.29, 0.717) is 11.8 Å². The van der Waals surface area contributed by atoms with Crippen LogP contribution in [0.2, 0.25) is 0 Å². The highest BCUT2D eigenvalue weighted by Gasteiger charge is 2.28. The van der Waals surface area contributed by atoms with Crippen LogP contribution in [0, 0.1) is 11.8 Å². The van der Waals surface area contributed by atoms with Crippen molar-refractivity contribution in [3.63, 3.8) is 0 Å². The van der Waals surface area contributed by atoms with E-state index in [9.17, 15) is 18.0 Å². The first kappa shape index (κ1) is 20.4. The number of hydrogen-bond donors (Lipinski definition) is 1. The summed E-state index contributed by atoms with van der Waals surface area (Å²) in [4.78, 5) is 23.9. The molecule has 1 fully saturated rings. The van der Waals surface area contributed by atoms with Crippen molar-refractivity contribution in [3.8, 4) is 0 Å². The van der Waals surface area contributed by atoms with Crippen LogP contribution in [-0.2, 0) is 24.2 Å². The van der Waals surface area contributed by atoms with E-state index < -0.39 is 15.8 Å². The standard InChI is InChI=1S/C19H27NO5S/c1-14-7-6-10-17(15(14)2)20-18(21)13-25-19(22)11-12-26(23,24)16-8-4-3-5-9-16/h3-5,8-9,14-15,17H,6-7,10-13H2,1-2H3,(H,20,21)/t14-,15-,17-/m1/s1. The van der Waals surface area contributed by atoms with E-state index >= 15 is 0 Å². The minimum Gasteiger partial charge on any atom is -0.456 e. The first-order valence-corrected chi connectivity index (χ1v) is 10.7. The molecule has 1 aliphatic carbocycles. The van der Waals surface area contributed by atoms with E-state index in [0.717, 1.165) is 12.8 Å². The Balaban J connectivity index is 1.74. The summed E-state index contributed by atoms with van der Waals surface area (Å²) in [7, 11) is -3.53. The molecule has 0 saturated heterocycles. The van der Waals surface area contributed by atoms with Crippen LogP contribution in [0.5, 0.6) is 0 Å². The van der Waals surface area contributed by atoms with Gasteiger partial charge in [0.2, 0.25) is 0 Å². The van der Waals surface area contributed by atoms with Gasteiger partial charge in [0.1, 0.15) is 0 Å². The number of rotatable bonds is 7. The summed E-state index contributed by atoms with van der Waals surface area (Å²) in [5.41, 5.74) is 0. The highest BCUT2D eigenvalue weighted by atomic mass is 32.2. The number of carbonyl (C=O) groups excluding carboxylic acids is 2. The van der Waals surface area contributed by atoms with Crippen molar-refractivity contribution in [2.24, 2.45) is 11.8 Å². The fourth-order valence-electron chi connectivity index (χ4n) is 3.22. The molecule has 3 atom stereocenters. The van der Waals surface area contributed by atoms with E-state index in [1.165, 1.54) is 18.6 Å². The number of ether oxygens (including phenoxy) is 1. The molecule has 0 heterocycles.